The number of methoxy groups -OCH3 is 1. The molecule has 4 rings (SSSR count). The first-order valence-electron chi connectivity index (χ1n) is 8.78. The highest BCUT2D eigenvalue weighted by atomic mass is 16.5. The first kappa shape index (κ1) is 17.0. The molecular formula is C23H19NO3. The Morgan fingerprint density at radius 2 is 1.67 bits per heavy atom. The lowest BCUT2D eigenvalue weighted by molar-refractivity contribution is -0.135. The lowest BCUT2D eigenvalue weighted by Crippen LogP contribution is -2.15. The number of ether oxygens (including phenoxy) is 1. The fourth-order valence-electron chi connectivity index (χ4n) is 3.63. The summed E-state index contributed by atoms with van der Waals surface area (Å²) in [6.45, 7) is 2.70. The first-order chi connectivity index (χ1) is 13.1. The number of esters is 1. The number of ketones is 1. The highest BCUT2D eigenvalue weighted by Gasteiger charge is 2.21. The maximum Gasteiger partial charge on any atom is 0.379 e. The Hall–Kier alpha value is -3.40. The van der Waals surface area contributed by atoms with Gasteiger partial charge in [0.2, 0.25) is 0 Å². The van der Waals surface area contributed by atoms with Crippen molar-refractivity contribution >= 4 is 33.4 Å². The maximum atomic E-state index is 12.4. The molecule has 0 fully saturated rings. The zero-order chi connectivity index (χ0) is 19.0. The Kier molecular flexibility index (Phi) is 4.24. The van der Waals surface area contributed by atoms with Crippen LogP contribution in [0.25, 0.3) is 21.7 Å². The maximum absolute atomic E-state index is 12.4. The smallest absolute Gasteiger partial charge is 0.379 e. The van der Waals surface area contributed by atoms with Crippen LogP contribution < -0.4 is 0 Å². The summed E-state index contributed by atoms with van der Waals surface area (Å²) >= 11 is 0. The lowest BCUT2D eigenvalue weighted by atomic mass is 10.0. The van der Waals surface area contributed by atoms with Crippen molar-refractivity contribution in [3.8, 4) is 0 Å². The molecule has 0 saturated carbocycles. The van der Waals surface area contributed by atoms with E-state index in [1.807, 2.05) is 31.2 Å². The number of aryl methyl sites for hydroxylation is 1. The number of rotatable bonds is 4. The zero-order valence-electron chi connectivity index (χ0n) is 15.2. The summed E-state index contributed by atoms with van der Waals surface area (Å²) in [5, 5.41) is 3.18. The summed E-state index contributed by atoms with van der Waals surface area (Å²) in [4.78, 5) is 24.1. The van der Waals surface area contributed by atoms with Gasteiger partial charge in [-0.05, 0) is 35.4 Å². The van der Waals surface area contributed by atoms with Crippen LogP contribution in [-0.4, -0.2) is 23.4 Å². The van der Waals surface area contributed by atoms with Crippen molar-refractivity contribution < 1.29 is 14.3 Å². The largest absolute Gasteiger partial charge is 0.463 e. The van der Waals surface area contributed by atoms with Gasteiger partial charge < -0.3 is 9.30 Å². The van der Waals surface area contributed by atoms with E-state index < -0.39 is 11.8 Å². The van der Waals surface area contributed by atoms with Gasteiger partial charge in [0.05, 0.1) is 7.11 Å². The molecule has 0 spiro atoms. The molecule has 0 atom stereocenters. The summed E-state index contributed by atoms with van der Waals surface area (Å²) in [7, 11) is 1.22. The highest BCUT2D eigenvalue weighted by Crippen LogP contribution is 2.27. The average molecular weight is 357 g/mol. The fourth-order valence-corrected chi connectivity index (χ4v) is 3.63. The van der Waals surface area contributed by atoms with E-state index in [1.165, 1.54) is 23.4 Å². The van der Waals surface area contributed by atoms with Crippen LogP contribution in [0.15, 0.2) is 66.7 Å². The molecule has 27 heavy (non-hydrogen) atoms. The molecule has 3 aromatic carbocycles. The van der Waals surface area contributed by atoms with Crippen molar-refractivity contribution in [2.75, 3.05) is 7.11 Å². The van der Waals surface area contributed by atoms with Gasteiger partial charge >= 0.3 is 5.97 Å². The number of benzene rings is 3. The van der Waals surface area contributed by atoms with Gasteiger partial charge in [-0.3, -0.25) is 4.79 Å². The molecule has 0 aliphatic heterocycles. The number of hydrogen-bond acceptors (Lipinski definition) is 3. The number of hydrogen-bond donors (Lipinski definition) is 0. The van der Waals surface area contributed by atoms with Crippen molar-refractivity contribution in [2.45, 2.75) is 13.5 Å². The van der Waals surface area contributed by atoms with E-state index in [9.17, 15) is 9.59 Å². The second-order valence-electron chi connectivity index (χ2n) is 6.57. The molecule has 1 heterocycles. The minimum absolute atomic E-state index is 0.374. The Morgan fingerprint density at radius 3 is 2.48 bits per heavy atom. The molecule has 4 heteroatoms. The molecule has 0 aliphatic rings. The Balaban J connectivity index is 1.84. The van der Waals surface area contributed by atoms with Crippen LogP contribution in [0.5, 0.6) is 0 Å². The topological polar surface area (TPSA) is 48.3 Å². The van der Waals surface area contributed by atoms with E-state index in [0.717, 1.165) is 16.6 Å². The van der Waals surface area contributed by atoms with E-state index in [0.29, 0.717) is 12.1 Å². The monoisotopic (exact) mass is 357 g/mol. The van der Waals surface area contributed by atoms with Gasteiger partial charge in [0.15, 0.2) is 0 Å². The standard InChI is InChI=1S/C23H19NO3/c1-15-13-20-19(22(25)23(26)27-2)11-6-12-21(20)24(15)14-17-9-5-8-16-7-3-4-10-18(16)17/h3-13H,14H2,1-2H3. The number of carbonyl (C=O) groups is 2. The zero-order valence-corrected chi connectivity index (χ0v) is 15.2. The van der Waals surface area contributed by atoms with Crippen molar-refractivity contribution in [2.24, 2.45) is 0 Å². The van der Waals surface area contributed by atoms with E-state index >= 15 is 0 Å². The van der Waals surface area contributed by atoms with Gasteiger partial charge in [0.1, 0.15) is 0 Å². The van der Waals surface area contributed by atoms with Crippen LogP contribution >= 0.6 is 0 Å². The van der Waals surface area contributed by atoms with Crippen LogP contribution in [0.3, 0.4) is 0 Å². The molecule has 1 aromatic heterocycles. The summed E-state index contributed by atoms with van der Waals surface area (Å²) in [6.07, 6.45) is 0. The van der Waals surface area contributed by atoms with Crippen LogP contribution in [0.4, 0.5) is 0 Å². The van der Waals surface area contributed by atoms with Gasteiger partial charge in [-0.1, -0.05) is 54.6 Å². The third-order valence-corrected chi connectivity index (χ3v) is 4.98. The van der Waals surface area contributed by atoms with E-state index in [-0.39, 0.29) is 0 Å². The van der Waals surface area contributed by atoms with Crippen molar-refractivity contribution in [1.29, 1.82) is 0 Å². The molecule has 0 amide bonds. The summed E-state index contributed by atoms with van der Waals surface area (Å²) in [5.74, 6) is -1.47. The van der Waals surface area contributed by atoms with Crippen molar-refractivity contribution in [3.63, 3.8) is 0 Å². The normalized spacial score (nSPS) is 11.0. The van der Waals surface area contributed by atoms with Gasteiger partial charge in [-0.2, -0.15) is 0 Å². The molecule has 134 valence electrons. The fraction of sp³-hybridized carbons (Fsp3) is 0.130. The molecule has 4 aromatic rings. The van der Waals surface area contributed by atoms with Crippen LogP contribution in [-0.2, 0) is 16.1 Å². The van der Waals surface area contributed by atoms with Gasteiger partial charge in [0.25, 0.3) is 5.78 Å². The van der Waals surface area contributed by atoms with Crippen molar-refractivity contribution in [1.82, 2.24) is 4.57 Å². The molecule has 0 aliphatic carbocycles. The number of Topliss-reactive ketones (excluding diaryl/α,β-unsaturated/α-hetero) is 1. The van der Waals surface area contributed by atoms with Gasteiger partial charge in [-0.15, -0.1) is 0 Å². The quantitative estimate of drug-likeness (QED) is 0.307. The Labute approximate surface area is 157 Å². The molecule has 4 nitrogen and oxygen atoms in total. The van der Waals surface area contributed by atoms with Crippen molar-refractivity contribution in [3.05, 3.63) is 83.6 Å². The second kappa shape index (κ2) is 6.72. The number of carbonyl (C=O) groups excluding carboxylic acids is 2. The first-order valence-corrected chi connectivity index (χ1v) is 8.78. The molecule has 0 saturated heterocycles. The van der Waals surface area contributed by atoms with Crippen LogP contribution in [0.1, 0.15) is 21.6 Å². The van der Waals surface area contributed by atoms with Crippen LogP contribution in [0.2, 0.25) is 0 Å². The van der Waals surface area contributed by atoms with E-state index in [1.54, 1.807) is 12.1 Å². The minimum atomic E-state index is -0.845. The predicted molar refractivity (Wildman–Crippen MR) is 106 cm³/mol. The number of fused-ring (bicyclic) bond motifs is 2. The third kappa shape index (κ3) is 2.89. The molecule has 0 radical (unpaired) electrons. The summed E-state index contributed by atoms with van der Waals surface area (Å²) in [5.41, 5.74) is 3.54. The molecule has 0 bridgehead atoms. The Morgan fingerprint density at radius 1 is 0.926 bits per heavy atom. The third-order valence-electron chi connectivity index (χ3n) is 4.98. The van der Waals surface area contributed by atoms with Gasteiger partial charge in [-0.25, -0.2) is 4.79 Å². The van der Waals surface area contributed by atoms with E-state index in [2.05, 4.69) is 39.6 Å². The number of aromatic nitrogens is 1. The Bertz CT molecular complexity index is 1180. The predicted octanol–water partition coefficient (Wildman–Crippen LogP) is 4.51. The van der Waals surface area contributed by atoms with Crippen LogP contribution in [0, 0.1) is 6.92 Å². The van der Waals surface area contributed by atoms with E-state index in [4.69, 9.17) is 0 Å². The minimum Gasteiger partial charge on any atom is -0.463 e. The highest BCUT2D eigenvalue weighted by molar-refractivity contribution is 6.42. The number of nitrogens with zero attached hydrogens (tertiary/aromatic N) is 1. The molecule has 0 N–H and O–H groups in total. The average Bonchev–Trinajstić information content (AvgIpc) is 3.02. The SMILES string of the molecule is COC(=O)C(=O)c1cccc2c1cc(C)n2Cc1cccc2ccccc12. The molecule has 0 unspecified atom stereocenters. The summed E-state index contributed by atoms with van der Waals surface area (Å²) < 4.78 is 6.77. The lowest BCUT2D eigenvalue weighted by Gasteiger charge is -2.11. The van der Waals surface area contributed by atoms with Gasteiger partial charge in [0, 0.05) is 28.7 Å². The molecular weight excluding hydrogens is 338 g/mol. The summed E-state index contributed by atoms with van der Waals surface area (Å²) in [6, 6.07) is 22.0. The second-order valence-corrected chi connectivity index (χ2v) is 6.57.